The van der Waals surface area contributed by atoms with E-state index in [4.69, 9.17) is 0 Å². The molecule has 0 atom stereocenters. The van der Waals surface area contributed by atoms with Crippen molar-refractivity contribution in [3.63, 3.8) is 0 Å². The van der Waals surface area contributed by atoms with Crippen molar-refractivity contribution in [2.45, 2.75) is 13.5 Å². The molecule has 0 amide bonds. The highest BCUT2D eigenvalue weighted by atomic mass is 79.9. The lowest BCUT2D eigenvalue weighted by atomic mass is 10.2. The maximum Gasteiger partial charge on any atom is 0.235 e. The first-order valence-corrected chi connectivity index (χ1v) is 8.58. The van der Waals surface area contributed by atoms with E-state index in [0.717, 1.165) is 10.0 Å². The first kappa shape index (κ1) is 15.0. The van der Waals surface area contributed by atoms with Gasteiger partial charge in [0.25, 0.3) is 0 Å². The Kier molecular flexibility index (Phi) is 4.77. The Morgan fingerprint density at radius 3 is 2.65 bits per heavy atom. The van der Waals surface area contributed by atoms with Crippen LogP contribution in [0.15, 0.2) is 53.3 Å². The minimum atomic E-state index is -3.34. The van der Waals surface area contributed by atoms with Gasteiger partial charge in [-0.3, -0.25) is 9.29 Å². The van der Waals surface area contributed by atoms with Gasteiger partial charge in [-0.25, -0.2) is 8.42 Å². The van der Waals surface area contributed by atoms with Crippen molar-refractivity contribution in [3.8, 4) is 0 Å². The molecule has 0 N–H and O–H groups in total. The van der Waals surface area contributed by atoms with Gasteiger partial charge in [-0.2, -0.15) is 0 Å². The van der Waals surface area contributed by atoms with Crippen molar-refractivity contribution in [1.29, 1.82) is 0 Å². The van der Waals surface area contributed by atoms with Crippen molar-refractivity contribution in [3.05, 3.63) is 58.8 Å². The standard InChI is InChI=1S/C14H15BrN2O2S/c1-2-20(18,19)17(11-12-5-4-8-16-10-12)14-7-3-6-13(15)9-14/h3-10H,2,11H2,1H3. The van der Waals surface area contributed by atoms with E-state index >= 15 is 0 Å². The molecule has 2 rings (SSSR count). The lowest BCUT2D eigenvalue weighted by Gasteiger charge is -2.24. The zero-order valence-electron chi connectivity index (χ0n) is 11.0. The van der Waals surface area contributed by atoms with E-state index in [1.165, 1.54) is 4.31 Å². The Balaban J connectivity index is 2.41. The van der Waals surface area contributed by atoms with Gasteiger partial charge >= 0.3 is 0 Å². The third-order valence-corrected chi connectivity index (χ3v) is 5.08. The van der Waals surface area contributed by atoms with Crippen LogP contribution in [0.5, 0.6) is 0 Å². The average Bonchev–Trinajstić information content (AvgIpc) is 2.45. The molecule has 0 radical (unpaired) electrons. The zero-order chi connectivity index (χ0) is 14.6. The molecule has 0 aliphatic heterocycles. The Morgan fingerprint density at radius 1 is 1.25 bits per heavy atom. The summed E-state index contributed by atoms with van der Waals surface area (Å²) in [7, 11) is -3.34. The maximum atomic E-state index is 12.3. The van der Waals surface area contributed by atoms with Crippen LogP contribution in [0.2, 0.25) is 0 Å². The van der Waals surface area contributed by atoms with E-state index in [1.807, 2.05) is 18.2 Å². The van der Waals surface area contributed by atoms with Gasteiger partial charge in [-0.1, -0.05) is 28.1 Å². The molecule has 1 aromatic carbocycles. The molecule has 0 spiro atoms. The van der Waals surface area contributed by atoms with Crippen molar-refractivity contribution >= 4 is 31.6 Å². The highest BCUT2D eigenvalue weighted by Gasteiger charge is 2.21. The third-order valence-electron chi connectivity index (χ3n) is 2.85. The number of pyridine rings is 1. The van der Waals surface area contributed by atoms with Crippen molar-refractivity contribution in [1.82, 2.24) is 4.98 Å². The van der Waals surface area contributed by atoms with Crippen LogP contribution >= 0.6 is 15.9 Å². The molecule has 0 saturated carbocycles. The lowest BCUT2D eigenvalue weighted by molar-refractivity contribution is 0.591. The Morgan fingerprint density at radius 2 is 2.05 bits per heavy atom. The fourth-order valence-electron chi connectivity index (χ4n) is 1.79. The molecule has 1 aromatic heterocycles. The fourth-order valence-corrected chi connectivity index (χ4v) is 3.27. The number of hydrogen-bond acceptors (Lipinski definition) is 3. The predicted octanol–water partition coefficient (Wildman–Crippen LogP) is 3.20. The van der Waals surface area contributed by atoms with Gasteiger partial charge in [-0.05, 0) is 36.8 Å². The highest BCUT2D eigenvalue weighted by Crippen LogP contribution is 2.24. The lowest BCUT2D eigenvalue weighted by Crippen LogP contribution is -2.31. The van der Waals surface area contributed by atoms with E-state index in [-0.39, 0.29) is 12.3 Å². The van der Waals surface area contributed by atoms with Crippen LogP contribution in [0.1, 0.15) is 12.5 Å². The van der Waals surface area contributed by atoms with Gasteiger partial charge in [-0.15, -0.1) is 0 Å². The number of anilines is 1. The quantitative estimate of drug-likeness (QED) is 0.828. The van der Waals surface area contributed by atoms with Gasteiger partial charge < -0.3 is 0 Å². The summed E-state index contributed by atoms with van der Waals surface area (Å²) in [6.07, 6.45) is 3.34. The van der Waals surface area contributed by atoms with Crippen LogP contribution in [-0.2, 0) is 16.6 Å². The second-order valence-corrected chi connectivity index (χ2v) is 7.35. The summed E-state index contributed by atoms with van der Waals surface area (Å²) < 4.78 is 26.9. The molecule has 106 valence electrons. The van der Waals surface area contributed by atoms with Gasteiger partial charge in [0.05, 0.1) is 18.0 Å². The number of halogens is 1. The first-order valence-electron chi connectivity index (χ1n) is 6.18. The van der Waals surface area contributed by atoms with Crippen LogP contribution in [0.3, 0.4) is 0 Å². The Labute approximate surface area is 127 Å². The van der Waals surface area contributed by atoms with E-state index in [0.29, 0.717) is 5.69 Å². The molecular weight excluding hydrogens is 340 g/mol. The van der Waals surface area contributed by atoms with Gasteiger partial charge in [0.2, 0.25) is 10.0 Å². The van der Waals surface area contributed by atoms with E-state index in [1.54, 1.807) is 37.5 Å². The molecule has 1 heterocycles. The monoisotopic (exact) mass is 354 g/mol. The average molecular weight is 355 g/mol. The summed E-state index contributed by atoms with van der Waals surface area (Å²) in [4.78, 5) is 4.03. The minimum absolute atomic E-state index is 0.0553. The van der Waals surface area contributed by atoms with Gasteiger partial charge in [0.1, 0.15) is 0 Å². The molecule has 2 aromatic rings. The second-order valence-electron chi connectivity index (χ2n) is 4.25. The molecule has 0 aliphatic carbocycles. The summed E-state index contributed by atoms with van der Waals surface area (Å²) in [6.45, 7) is 1.92. The number of benzene rings is 1. The molecule has 0 bridgehead atoms. The number of hydrogen-bond donors (Lipinski definition) is 0. The Hall–Kier alpha value is -1.40. The summed E-state index contributed by atoms with van der Waals surface area (Å²) in [5.41, 5.74) is 1.49. The SMILES string of the molecule is CCS(=O)(=O)N(Cc1cccnc1)c1cccc(Br)c1. The highest BCUT2D eigenvalue weighted by molar-refractivity contribution is 9.10. The summed E-state index contributed by atoms with van der Waals surface area (Å²) in [5.74, 6) is 0.0553. The number of aromatic nitrogens is 1. The molecule has 0 unspecified atom stereocenters. The van der Waals surface area contributed by atoms with E-state index in [9.17, 15) is 8.42 Å². The number of sulfonamides is 1. The van der Waals surface area contributed by atoms with Crippen LogP contribution in [0.4, 0.5) is 5.69 Å². The van der Waals surface area contributed by atoms with E-state index < -0.39 is 10.0 Å². The molecule has 0 saturated heterocycles. The molecule has 4 nitrogen and oxygen atoms in total. The maximum absolute atomic E-state index is 12.3. The predicted molar refractivity (Wildman–Crippen MR) is 84.0 cm³/mol. The van der Waals surface area contributed by atoms with Crippen LogP contribution in [0.25, 0.3) is 0 Å². The summed E-state index contributed by atoms with van der Waals surface area (Å²) in [6, 6.07) is 10.9. The van der Waals surface area contributed by atoms with Gasteiger partial charge in [0.15, 0.2) is 0 Å². The van der Waals surface area contributed by atoms with Gasteiger partial charge in [0, 0.05) is 16.9 Å². The molecule has 20 heavy (non-hydrogen) atoms. The van der Waals surface area contributed by atoms with Crippen LogP contribution < -0.4 is 4.31 Å². The second kappa shape index (κ2) is 6.37. The third kappa shape index (κ3) is 3.58. The number of nitrogens with zero attached hydrogens (tertiary/aromatic N) is 2. The van der Waals surface area contributed by atoms with Crippen molar-refractivity contribution in [2.75, 3.05) is 10.1 Å². The molecule has 0 fully saturated rings. The van der Waals surface area contributed by atoms with Crippen molar-refractivity contribution in [2.24, 2.45) is 0 Å². The molecular formula is C14H15BrN2O2S. The van der Waals surface area contributed by atoms with E-state index in [2.05, 4.69) is 20.9 Å². The van der Waals surface area contributed by atoms with Crippen molar-refractivity contribution < 1.29 is 8.42 Å². The molecule has 6 heteroatoms. The topological polar surface area (TPSA) is 50.3 Å². The molecule has 0 aliphatic rings. The number of rotatable bonds is 5. The summed E-state index contributed by atoms with van der Waals surface area (Å²) in [5, 5.41) is 0. The zero-order valence-corrected chi connectivity index (χ0v) is 13.4. The first-order chi connectivity index (χ1) is 9.53. The summed E-state index contributed by atoms with van der Waals surface area (Å²) >= 11 is 3.37. The largest absolute Gasteiger partial charge is 0.266 e. The van der Waals surface area contributed by atoms with Crippen LogP contribution in [0, 0.1) is 0 Å². The minimum Gasteiger partial charge on any atom is -0.266 e. The normalized spacial score (nSPS) is 11.3. The smallest absolute Gasteiger partial charge is 0.235 e. The fraction of sp³-hybridized carbons (Fsp3) is 0.214. The Bertz CT molecular complexity index is 675. The van der Waals surface area contributed by atoms with Crippen LogP contribution in [-0.4, -0.2) is 19.2 Å².